The molecule has 1 saturated heterocycles. The molecule has 2 heterocycles. The second kappa shape index (κ2) is 9.01. The Hall–Kier alpha value is -2.39. The lowest BCUT2D eigenvalue weighted by Gasteiger charge is -2.35. The molecule has 0 unspecified atom stereocenters. The van der Waals surface area contributed by atoms with Gasteiger partial charge < -0.3 is 14.7 Å². The molecule has 3 rings (SSSR count). The number of rotatable bonds is 6. The molecule has 1 aliphatic heterocycles. The quantitative estimate of drug-likeness (QED) is 0.589. The largest absolute Gasteiger partial charge is 0.364 e. The number of hydrogen-bond acceptors (Lipinski definition) is 5. The summed E-state index contributed by atoms with van der Waals surface area (Å²) in [6, 6.07) is 11.6. The van der Waals surface area contributed by atoms with E-state index in [0.717, 1.165) is 18.1 Å². The van der Waals surface area contributed by atoms with E-state index >= 15 is 0 Å². The van der Waals surface area contributed by atoms with Crippen LogP contribution in [0.1, 0.15) is 18.2 Å². The van der Waals surface area contributed by atoms with Gasteiger partial charge >= 0.3 is 0 Å². The SMILES string of the molecule is CCNC(=NCc1ccccc1)N1CCN(S(=O)(=O)Cc2ccon2)CC1. The van der Waals surface area contributed by atoms with Crippen molar-refractivity contribution in [3.8, 4) is 0 Å². The van der Waals surface area contributed by atoms with Gasteiger partial charge in [-0.2, -0.15) is 4.31 Å². The fourth-order valence-electron chi connectivity index (χ4n) is 2.94. The van der Waals surface area contributed by atoms with Gasteiger partial charge in [0.15, 0.2) is 5.96 Å². The Morgan fingerprint density at radius 3 is 2.56 bits per heavy atom. The van der Waals surface area contributed by atoms with Crippen molar-refractivity contribution < 1.29 is 12.9 Å². The molecule has 0 aliphatic carbocycles. The number of guanidine groups is 1. The van der Waals surface area contributed by atoms with E-state index in [-0.39, 0.29) is 5.75 Å². The molecule has 1 aromatic carbocycles. The lowest BCUT2D eigenvalue weighted by Crippen LogP contribution is -2.53. The van der Waals surface area contributed by atoms with Gasteiger partial charge in [0.2, 0.25) is 10.0 Å². The molecule has 8 nitrogen and oxygen atoms in total. The van der Waals surface area contributed by atoms with Crippen LogP contribution in [0.3, 0.4) is 0 Å². The molecule has 1 aliphatic rings. The maximum absolute atomic E-state index is 12.5. The topological polar surface area (TPSA) is 91.0 Å². The summed E-state index contributed by atoms with van der Waals surface area (Å²) < 4.78 is 31.3. The third-order valence-electron chi connectivity index (χ3n) is 4.34. The minimum absolute atomic E-state index is 0.133. The van der Waals surface area contributed by atoms with Crippen molar-refractivity contribution in [2.45, 2.75) is 19.2 Å². The lowest BCUT2D eigenvalue weighted by molar-refractivity contribution is 0.259. The van der Waals surface area contributed by atoms with Crippen molar-refractivity contribution >= 4 is 16.0 Å². The van der Waals surface area contributed by atoms with Gasteiger partial charge in [-0.05, 0) is 12.5 Å². The minimum atomic E-state index is -3.40. The zero-order valence-electron chi connectivity index (χ0n) is 15.4. The van der Waals surface area contributed by atoms with E-state index in [2.05, 4.69) is 15.4 Å². The number of nitrogens with one attached hydrogen (secondary N) is 1. The van der Waals surface area contributed by atoms with E-state index < -0.39 is 10.0 Å². The number of hydrogen-bond donors (Lipinski definition) is 1. The Kier molecular flexibility index (Phi) is 6.46. The van der Waals surface area contributed by atoms with Crippen LogP contribution >= 0.6 is 0 Å². The maximum Gasteiger partial charge on any atom is 0.220 e. The van der Waals surface area contributed by atoms with Gasteiger partial charge in [0.05, 0.1) is 12.2 Å². The maximum atomic E-state index is 12.5. The molecule has 1 N–H and O–H groups in total. The molecule has 1 fully saturated rings. The van der Waals surface area contributed by atoms with Crippen LogP contribution in [0, 0.1) is 0 Å². The first-order chi connectivity index (χ1) is 13.1. The summed E-state index contributed by atoms with van der Waals surface area (Å²) in [5.41, 5.74) is 1.57. The van der Waals surface area contributed by atoms with E-state index in [9.17, 15) is 8.42 Å². The average Bonchev–Trinajstić information content (AvgIpc) is 3.18. The number of nitrogens with zero attached hydrogens (tertiary/aromatic N) is 4. The van der Waals surface area contributed by atoms with Crippen molar-refractivity contribution in [2.75, 3.05) is 32.7 Å². The standard InChI is InChI=1S/C18H25N5O3S/c1-2-19-18(20-14-16-6-4-3-5-7-16)22-9-11-23(12-10-22)27(24,25)15-17-8-13-26-21-17/h3-8,13H,2,9-12,14-15H2,1H3,(H,19,20). The minimum Gasteiger partial charge on any atom is -0.364 e. The summed E-state index contributed by atoms with van der Waals surface area (Å²) in [6.45, 7) is 5.42. The molecule has 2 aromatic rings. The Balaban J connectivity index is 1.60. The van der Waals surface area contributed by atoms with Crippen LogP contribution in [0.25, 0.3) is 0 Å². The van der Waals surface area contributed by atoms with Gasteiger partial charge in [0.25, 0.3) is 0 Å². The van der Waals surface area contributed by atoms with Crippen LogP contribution in [-0.2, 0) is 22.3 Å². The predicted molar refractivity (Wildman–Crippen MR) is 104 cm³/mol. The molecular weight excluding hydrogens is 366 g/mol. The fourth-order valence-corrected chi connectivity index (χ4v) is 4.37. The normalized spacial score (nSPS) is 16.5. The predicted octanol–water partition coefficient (Wildman–Crippen LogP) is 1.29. The van der Waals surface area contributed by atoms with Gasteiger partial charge in [0.1, 0.15) is 12.0 Å². The van der Waals surface area contributed by atoms with Gasteiger partial charge in [-0.25, -0.2) is 13.4 Å². The molecule has 0 saturated carbocycles. The zero-order valence-corrected chi connectivity index (χ0v) is 16.2. The smallest absolute Gasteiger partial charge is 0.220 e. The Bertz CT molecular complexity index is 829. The van der Waals surface area contributed by atoms with Crippen LogP contribution in [0.2, 0.25) is 0 Å². The van der Waals surface area contributed by atoms with Crippen LogP contribution in [0.15, 0.2) is 52.2 Å². The molecule has 0 radical (unpaired) electrons. The Morgan fingerprint density at radius 1 is 1.19 bits per heavy atom. The van der Waals surface area contributed by atoms with Crippen molar-refractivity contribution in [3.05, 3.63) is 53.9 Å². The second-order valence-electron chi connectivity index (χ2n) is 6.29. The summed E-state index contributed by atoms with van der Waals surface area (Å²) in [7, 11) is -3.40. The van der Waals surface area contributed by atoms with Crippen molar-refractivity contribution in [1.29, 1.82) is 0 Å². The molecule has 1 aromatic heterocycles. The molecule has 9 heteroatoms. The monoisotopic (exact) mass is 391 g/mol. The zero-order chi connectivity index (χ0) is 19.1. The number of aromatic nitrogens is 1. The number of benzene rings is 1. The summed E-state index contributed by atoms with van der Waals surface area (Å²) in [4.78, 5) is 6.80. The highest BCUT2D eigenvalue weighted by Crippen LogP contribution is 2.13. The highest BCUT2D eigenvalue weighted by atomic mass is 32.2. The third kappa shape index (κ3) is 5.30. The van der Waals surface area contributed by atoms with E-state index in [1.54, 1.807) is 6.07 Å². The van der Waals surface area contributed by atoms with Gasteiger partial charge in [-0.3, -0.25) is 0 Å². The first kappa shape index (κ1) is 19.4. The van der Waals surface area contributed by atoms with Gasteiger partial charge in [-0.1, -0.05) is 35.5 Å². The number of piperazine rings is 1. The van der Waals surface area contributed by atoms with E-state index in [0.29, 0.717) is 38.4 Å². The summed E-state index contributed by atoms with van der Waals surface area (Å²) in [5.74, 6) is 0.681. The van der Waals surface area contributed by atoms with E-state index in [1.165, 1.54) is 10.6 Å². The highest BCUT2D eigenvalue weighted by Gasteiger charge is 2.28. The van der Waals surface area contributed by atoms with Crippen molar-refractivity contribution in [2.24, 2.45) is 4.99 Å². The molecule has 0 atom stereocenters. The molecule has 0 bridgehead atoms. The number of sulfonamides is 1. The van der Waals surface area contributed by atoms with E-state index in [4.69, 9.17) is 9.52 Å². The fraction of sp³-hybridized carbons (Fsp3) is 0.444. The van der Waals surface area contributed by atoms with Crippen LogP contribution in [0.4, 0.5) is 0 Å². The molecule has 27 heavy (non-hydrogen) atoms. The molecule has 0 spiro atoms. The van der Waals surface area contributed by atoms with Crippen LogP contribution in [-0.4, -0.2) is 61.5 Å². The second-order valence-corrected chi connectivity index (χ2v) is 8.26. The van der Waals surface area contributed by atoms with E-state index in [1.807, 2.05) is 37.3 Å². The van der Waals surface area contributed by atoms with Crippen LogP contribution in [0.5, 0.6) is 0 Å². The molecule has 0 amide bonds. The van der Waals surface area contributed by atoms with Gasteiger partial charge in [0, 0.05) is 38.8 Å². The first-order valence-electron chi connectivity index (χ1n) is 9.03. The Morgan fingerprint density at radius 2 is 1.93 bits per heavy atom. The van der Waals surface area contributed by atoms with Crippen molar-refractivity contribution in [3.63, 3.8) is 0 Å². The lowest BCUT2D eigenvalue weighted by atomic mass is 10.2. The van der Waals surface area contributed by atoms with Gasteiger partial charge in [-0.15, -0.1) is 0 Å². The molecule has 146 valence electrons. The average molecular weight is 391 g/mol. The first-order valence-corrected chi connectivity index (χ1v) is 10.6. The van der Waals surface area contributed by atoms with Crippen LogP contribution < -0.4 is 5.32 Å². The Labute approximate surface area is 159 Å². The summed E-state index contributed by atoms with van der Waals surface area (Å²) in [6.07, 6.45) is 1.38. The number of aliphatic imine (C=N–C) groups is 1. The highest BCUT2D eigenvalue weighted by molar-refractivity contribution is 7.88. The summed E-state index contributed by atoms with van der Waals surface area (Å²) in [5, 5.41) is 6.99. The summed E-state index contributed by atoms with van der Waals surface area (Å²) >= 11 is 0. The third-order valence-corrected chi connectivity index (χ3v) is 6.15. The van der Waals surface area contributed by atoms with Crippen molar-refractivity contribution in [1.82, 2.24) is 19.7 Å². The molecular formula is C18H25N5O3S.